The number of ether oxygens (including phenoxy) is 1. The van der Waals surface area contributed by atoms with Gasteiger partial charge < -0.3 is 14.5 Å². The van der Waals surface area contributed by atoms with E-state index in [1.807, 2.05) is 34.1 Å². The minimum atomic E-state index is -0.157. The first-order valence-corrected chi connectivity index (χ1v) is 10.5. The van der Waals surface area contributed by atoms with Crippen molar-refractivity contribution >= 4 is 11.8 Å². The van der Waals surface area contributed by atoms with Crippen molar-refractivity contribution < 1.29 is 14.3 Å². The van der Waals surface area contributed by atoms with Crippen molar-refractivity contribution in [2.75, 3.05) is 33.3 Å². The third-order valence-electron chi connectivity index (χ3n) is 5.88. The van der Waals surface area contributed by atoms with Gasteiger partial charge in [-0.3, -0.25) is 9.59 Å². The summed E-state index contributed by atoms with van der Waals surface area (Å²) in [6, 6.07) is 7.96. The summed E-state index contributed by atoms with van der Waals surface area (Å²) >= 11 is 0. The average Bonchev–Trinajstić information content (AvgIpc) is 3.12. The third-order valence-corrected chi connectivity index (χ3v) is 5.88. The lowest BCUT2D eigenvalue weighted by molar-refractivity contribution is -0.137. The van der Waals surface area contributed by atoms with Crippen LogP contribution in [0.2, 0.25) is 0 Å². The monoisotopic (exact) mass is 386 g/mol. The van der Waals surface area contributed by atoms with E-state index >= 15 is 0 Å². The smallest absolute Gasteiger partial charge is 0.228 e. The zero-order valence-corrected chi connectivity index (χ0v) is 17.7. The van der Waals surface area contributed by atoms with Crippen LogP contribution in [0.25, 0.3) is 0 Å². The lowest BCUT2D eigenvalue weighted by Crippen LogP contribution is -2.42. The van der Waals surface area contributed by atoms with Crippen LogP contribution in [0.15, 0.2) is 24.3 Å². The van der Waals surface area contributed by atoms with Gasteiger partial charge in [0, 0.05) is 38.5 Å². The minimum absolute atomic E-state index is 0.0456. The van der Waals surface area contributed by atoms with E-state index in [9.17, 15) is 9.59 Å². The molecule has 2 aliphatic rings. The summed E-state index contributed by atoms with van der Waals surface area (Å²) < 4.78 is 5.28. The Kier molecular flexibility index (Phi) is 6.31. The Hall–Kier alpha value is -2.04. The highest BCUT2D eigenvalue weighted by Crippen LogP contribution is 2.36. The first-order chi connectivity index (χ1) is 13.3. The molecule has 5 heteroatoms. The van der Waals surface area contributed by atoms with Crippen molar-refractivity contribution in [2.24, 2.45) is 11.3 Å². The topological polar surface area (TPSA) is 49.9 Å². The molecule has 5 nitrogen and oxygen atoms in total. The first kappa shape index (κ1) is 20.7. The number of hydrogen-bond donors (Lipinski definition) is 0. The summed E-state index contributed by atoms with van der Waals surface area (Å²) in [4.78, 5) is 30.1. The standard InChI is InChI=1S/C23H34N2O3/c1-23(2,3)14-21(26)25-15-19(17-8-10-18(28-4)11-9-17)20(16-25)22(27)24-12-6-5-7-13-24/h8-11,19-20H,5-7,12-16H2,1-4H3/t19-,20-/m0/s1. The van der Waals surface area contributed by atoms with Gasteiger partial charge in [-0.1, -0.05) is 32.9 Å². The number of carbonyl (C=O) groups is 2. The quantitative estimate of drug-likeness (QED) is 0.793. The van der Waals surface area contributed by atoms with Crippen molar-refractivity contribution in [3.63, 3.8) is 0 Å². The predicted molar refractivity (Wildman–Crippen MR) is 110 cm³/mol. The Bertz CT molecular complexity index is 687. The Labute approximate surface area is 169 Å². The molecule has 0 aromatic heterocycles. The summed E-state index contributed by atoms with van der Waals surface area (Å²) in [5.41, 5.74) is 1.06. The number of methoxy groups -OCH3 is 1. The number of hydrogen-bond acceptors (Lipinski definition) is 3. The summed E-state index contributed by atoms with van der Waals surface area (Å²) in [5.74, 6) is 1.06. The number of carbonyl (C=O) groups excluding carboxylic acids is 2. The summed E-state index contributed by atoms with van der Waals surface area (Å²) in [6.45, 7) is 9.09. The van der Waals surface area contributed by atoms with Gasteiger partial charge in [0.05, 0.1) is 13.0 Å². The molecular weight excluding hydrogens is 352 g/mol. The van der Waals surface area contributed by atoms with E-state index < -0.39 is 0 Å². The lowest BCUT2D eigenvalue weighted by Gasteiger charge is -2.31. The molecule has 154 valence electrons. The molecule has 2 saturated heterocycles. The summed E-state index contributed by atoms with van der Waals surface area (Å²) in [7, 11) is 1.65. The van der Waals surface area contributed by atoms with Gasteiger partial charge in [0.2, 0.25) is 11.8 Å². The molecule has 0 saturated carbocycles. The van der Waals surface area contributed by atoms with Crippen molar-refractivity contribution in [2.45, 2.75) is 52.4 Å². The van der Waals surface area contributed by atoms with Crippen LogP contribution < -0.4 is 4.74 Å². The van der Waals surface area contributed by atoms with Crippen molar-refractivity contribution in [1.29, 1.82) is 0 Å². The molecule has 0 spiro atoms. The van der Waals surface area contributed by atoms with E-state index in [-0.39, 0.29) is 29.1 Å². The summed E-state index contributed by atoms with van der Waals surface area (Å²) in [6.07, 6.45) is 3.87. The molecule has 0 bridgehead atoms. The number of amides is 2. The number of nitrogens with zero attached hydrogens (tertiary/aromatic N) is 2. The van der Waals surface area contributed by atoms with Gasteiger partial charge in [-0.05, 0) is 42.4 Å². The van der Waals surface area contributed by atoms with E-state index in [0.717, 1.165) is 37.2 Å². The minimum Gasteiger partial charge on any atom is -0.497 e. The Morgan fingerprint density at radius 1 is 1.00 bits per heavy atom. The van der Waals surface area contributed by atoms with Crippen LogP contribution in [-0.2, 0) is 9.59 Å². The molecule has 0 unspecified atom stereocenters. The van der Waals surface area contributed by atoms with Crippen LogP contribution in [0.5, 0.6) is 5.75 Å². The van der Waals surface area contributed by atoms with Gasteiger partial charge in [-0.25, -0.2) is 0 Å². The molecule has 2 amide bonds. The van der Waals surface area contributed by atoms with E-state index in [4.69, 9.17) is 4.74 Å². The molecule has 2 aliphatic heterocycles. The van der Waals surface area contributed by atoms with Crippen molar-refractivity contribution in [3.8, 4) is 5.75 Å². The van der Waals surface area contributed by atoms with Crippen molar-refractivity contribution in [3.05, 3.63) is 29.8 Å². The molecule has 0 N–H and O–H groups in total. The molecule has 3 rings (SSSR count). The normalized spacial score (nSPS) is 23.0. The average molecular weight is 387 g/mol. The van der Waals surface area contributed by atoms with Gasteiger partial charge >= 0.3 is 0 Å². The second-order valence-electron chi connectivity index (χ2n) is 9.41. The van der Waals surface area contributed by atoms with Crippen LogP contribution in [-0.4, -0.2) is 54.9 Å². The Morgan fingerprint density at radius 3 is 2.21 bits per heavy atom. The fraction of sp³-hybridized carbons (Fsp3) is 0.652. The Morgan fingerprint density at radius 2 is 1.64 bits per heavy atom. The Balaban J connectivity index is 1.81. The van der Waals surface area contributed by atoms with Gasteiger partial charge in [0.1, 0.15) is 5.75 Å². The van der Waals surface area contributed by atoms with Crippen LogP contribution in [0, 0.1) is 11.3 Å². The van der Waals surface area contributed by atoms with Gasteiger partial charge in [-0.2, -0.15) is 0 Å². The molecule has 28 heavy (non-hydrogen) atoms. The number of benzene rings is 1. The maximum Gasteiger partial charge on any atom is 0.228 e. The number of piperidine rings is 1. The largest absolute Gasteiger partial charge is 0.497 e. The van der Waals surface area contributed by atoms with Crippen LogP contribution in [0.4, 0.5) is 0 Å². The van der Waals surface area contributed by atoms with Crippen molar-refractivity contribution in [1.82, 2.24) is 9.80 Å². The molecule has 1 aromatic rings. The molecule has 2 heterocycles. The summed E-state index contributed by atoms with van der Waals surface area (Å²) in [5, 5.41) is 0. The fourth-order valence-corrected chi connectivity index (χ4v) is 4.36. The van der Waals surface area contributed by atoms with Crippen LogP contribution >= 0.6 is 0 Å². The van der Waals surface area contributed by atoms with Crippen LogP contribution in [0.3, 0.4) is 0 Å². The predicted octanol–water partition coefficient (Wildman–Crippen LogP) is 3.69. The first-order valence-electron chi connectivity index (χ1n) is 10.5. The molecule has 1 aromatic carbocycles. The highest BCUT2D eigenvalue weighted by atomic mass is 16.5. The number of likely N-dealkylation sites (tertiary alicyclic amines) is 2. The van der Waals surface area contributed by atoms with Gasteiger partial charge in [0.15, 0.2) is 0 Å². The zero-order chi connectivity index (χ0) is 20.3. The maximum atomic E-state index is 13.3. The van der Waals surface area contributed by atoms with Gasteiger partial charge in [-0.15, -0.1) is 0 Å². The third kappa shape index (κ3) is 4.86. The second-order valence-corrected chi connectivity index (χ2v) is 9.41. The van der Waals surface area contributed by atoms with Gasteiger partial charge in [0.25, 0.3) is 0 Å². The molecule has 0 radical (unpaired) electrons. The molecule has 2 fully saturated rings. The highest BCUT2D eigenvalue weighted by molar-refractivity contribution is 5.83. The number of rotatable bonds is 4. The highest BCUT2D eigenvalue weighted by Gasteiger charge is 2.42. The maximum absolute atomic E-state index is 13.3. The zero-order valence-electron chi connectivity index (χ0n) is 17.7. The van der Waals surface area contributed by atoms with E-state index in [0.29, 0.717) is 19.5 Å². The molecule has 2 atom stereocenters. The molecule has 0 aliphatic carbocycles. The SMILES string of the molecule is COc1ccc([C@@H]2CN(C(=O)CC(C)(C)C)C[C@@H]2C(=O)N2CCCCC2)cc1. The van der Waals surface area contributed by atoms with E-state index in [1.165, 1.54) is 6.42 Å². The second kappa shape index (κ2) is 8.54. The lowest BCUT2D eigenvalue weighted by atomic mass is 9.87. The fourth-order valence-electron chi connectivity index (χ4n) is 4.36. The van der Waals surface area contributed by atoms with E-state index in [1.54, 1.807) is 7.11 Å². The van der Waals surface area contributed by atoms with E-state index in [2.05, 4.69) is 20.8 Å². The molecular formula is C23H34N2O3. The van der Waals surface area contributed by atoms with Crippen LogP contribution in [0.1, 0.15) is 57.9 Å².